The van der Waals surface area contributed by atoms with Crippen molar-refractivity contribution in [2.24, 2.45) is 0 Å². The zero-order valence-electron chi connectivity index (χ0n) is 22.5. The van der Waals surface area contributed by atoms with Crippen LogP contribution in [0, 0.1) is 0 Å². The van der Waals surface area contributed by atoms with E-state index in [1.54, 1.807) is 0 Å². The fourth-order valence-corrected chi connectivity index (χ4v) is 5.68. The molecule has 0 aromatic heterocycles. The van der Waals surface area contributed by atoms with Crippen molar-refractivity contribution in [3.05, 3.63) is 0 Å². The molecule has 0 heterocycles. The van der Waals surface area contributed by atoms with Gasteiger partial charge in [0.25, 0.3) is 0 Å². The van der Waals surface area contributed by atoms with E-state index in [-0.39, 0.29) is 9.76 Å². The molecule has 0 radical (unpaired) electrons. The molecule has 4 nitrogen and oxygen atoms in total. The molecule has 0 aromatic carbocycles. The minimum atomic E-state index is -0.334. The zero-order valence-corrected chi connectivity index (χ0v) is 23.9. The van der Waals surface area contributed by atoms with Crippen LogP contribution in [-0.4, -0.2) is 89.5 Å². The summed E-state index contributed by atoms with van der Waals surface area (Å²) in [6.07, 6.45) is 12.0. The van der Waals surface area contributed by atoms with Crippen LogP contribution in [-0.2, 0) is 4.43 Å². The minimum absolute atomic E-state index is 0.334. The lowest BCUT2D eigenvalue weighted by molar-refractivity contribution is 0.204. The maximum Gasteiger partial charge on any atom is 0.162 e. The lowest BCUT2D eigenvalue weighted by Crippen LogP contribution is -2.34. The summed E-state index contributed by atoms with van der Waals surface area (Å²) in [7, 11) is -0.334. The van der Waals surface area contributed by atoms with Gasteiger partial charge in [-0.1, -0.05) is 41.0 Å². The monoisotopic (exact) mass is 457 g/mol. The van der Waals surface area contributed by atoms with Crippen molar-refractivity contribution in [2.45, 2.75) is 111 Å². The van der Waals surface area contributed by atoms with Gasteiger partial charge in [0.15, 0.2) is 9.76 Å². The van der Waals surface area contributed by atoms with Crippen LogP contribution in [0.1, 0.15) is 99.3 Å². The van der Waals surface area contributed by atoms with Crippen LogP contribution in [0.2, 0.25) is 6.04 Å². The summed E-state index contributed by atoms with van der Waals surface area (Å²) < 4.78 is 6.10. The Labute approximate surface area is 199 Å². The molecular weight excluding hydrogens is 398 g/mol. The Hall–Kier alpha value is 0.0569. The number of hydrogen-bond acceptors (Lipinski definition) is 4. The molecule has 0 aromatic rings. The summed E-state index contributed by atoms with van der Waals surface area (Å²) in [5, 5.41) is 0. The van der Waals surface area contributed by atoms with Gasteiger partial charge in [-0.15, -0.1) is 0 Å². The van der Waals surface area contributed by atoms with E-state index < -0.39 is 0 Å². The molecule has 0 fully saturated rings. The SMILES string of the molecule is CCCC(C)O[SiH2]CCCN(CCCN(CCC)CCC)CCCN(CCC)CCC. The van der Waals surface area contributed by atoms with Gasteiger partial charge in [-0.05, 0) is 123 Å². The van der Waals surface area contributed by atoms with Crippen LogP contribution in [0.3, 0.4) is 0 Å². The highest BCUT2D eigenvalue weighted by atomic mass is 28.2. The standard InChI is InChI=1S/C26H59N3OSi/c1-7-15-26(6)30-31-25-14-24-29(22-12-20-27(16-8-2)17-9-3)23-13-21-28(18-10-4)19-11-5/h26H,7-25,31H2,1-6H3. The van der Waals surface area contributed by atoms with E-state index in [4.69, 9.17) is 4.43 Å². The molecule has 0 saturated carbocycles. The molecule has 1 unspecified atom stereocenters. The van der Waals surface area contributed by atoms with Gasteiger partial charge in [0.05, 0.1) is 0 Å². The van der Waals surface area contributed by atoms with Crippen molar-refractivity contribution < 1.29 is 4.43 Å². The predicted octanol–water partition coefficient (Wildman–Crippen LogP) is 5.41. The molecule has 0 amide bonds. The van der Waals surface area contributed by atoms with Crippen LogP contribution in [0.15, 0.2) is 0 Å². The van der Waals surface area contributed by atoms with Crippen molar-refractivity contribution >= 4 is 9.76 Å². The summed E-state index contributed by atoms with van der Waals surface area (Å²) in [6.45, 7) is 25.1. The quantitative estimate of drug-likeness (QED) is 0.142. The lowest BCUT2D eigenvalue weighted by Gasteiger charge is -2.27. The molecule has 0 saturated heterocycles. The van der Waals surface area contributed by atoms with E-state index in [9.17, 15) is 0 Å². The Morgan fingerprint density at radius 2 is 0.935 bits per heavy atom. The van der Waals surface area contributed by atoms with Gasteiger partial charge in [-0.2, -0.15) is 0 Å². The number of rotatable bonds is 24. The Bertz CT molecular complexity index is 326. The lowest BCUT2D eigenvalue weighted by atomic mass is 10.2. The van der Waals surface area contributed by atoms with Crippen molar-refractivity contribution in [2.75, 3.05) is 58.9 Å². The van der Waals surface area contributed by atoms with Crippen molar-refractivity contribution in [1.29, 1.82) is 0 Å². The molecule has 0 aliphatic rings. The van der Waals surface area contributed by atoms with E-state index in [0.717, 1.165) is 0 Å². The summed E-state index contributed by atoms with van der Waals surface area (Å²) in [5.74, 6) is 0. The number of hydrogen-bond donors (Lipinski definition) is 0. The highest BCUT2D eigenvalue weighted by Gasteiger charge is 2.09. The summed E-state index contributed by atoms with van der Waals surface area (Å²) in [5.41, 5.74) is 0. The van der Waals surface area contributed by atoms with Crippen LogP contribution in [0.25, 0.3) is 0 Å². The second-order valence-corrected chi connectivity index (χ2v) is 10.9. The van der Waals surface area contributed by atoms with Gasteiger partial charge in [-0.25, -0.2) is 0 Å². The second kappa shape index (κ2) is 23.2. The van der Waals surface area contributed by atoms with Crippen LogP contribution in [0.4, 0.5) is 0 Å². The smallest absolute Gasteiger partial charge is 0.162 e. The van der Waals surface area contributed by atoms with Crippen molar-refractivity contribution in [1.82, 2.24) is 14.7 Å². The van der Waals surface area contributed by atoms with Gasteiger partial charge >= 0.3 is 0 Å². The number of nitrogens with zero attached hydrogens (tertiary/aromatic N) is 3. The summed E-state index contributed by atoms with van der Waals surface area (Å²) in [4.78, 5) is 8.09. The van der Waals surface area contributed by atoms with Crippen molar-refractivity contribution in [3.8, 4) is 0 Å². The van der Waals surface area contributed by atoms with Crippen LogP contribution >= 0.6 is 0 Å². The van der Waals surface area contributed by atoms with E-state index in [0.29, 0.717) is 6.10 Å². The third kappa shape index (κ3) is 19.3. The van der Waals surface area contributed by atoms with Gasteiger partial charge < -0.3 is 19.1 Å². The molecule has 0 aliphatic heterocycles. The highest BCUT2D eigenvalue weighted by Crippen LogP contribution is 2.06. The average Bonchev–Trinajstić information content (AvgIpc) is 2.74. The first kappa shape index (κ1) is 31.1. The molecule has 0 bridgehead atoms. The van der Waals surface area contributed by atoms with E-state index in [2.05, 4.69) is 56.2 Å². The average molecular weight is 458 g/mol. The predicted molar refractivity (Wildman–Crippen MR) is 143 cm³/mol. The topological polar surface area (TPSA) is 19.0 Å². The molecular formula is C26H59N3OSi. The maximum absolute atomic E-state index is 6.10. The van der Waals surface area contributed by atoms with E-state index in [1.165, 1.54) is 123 Å². The minimum Gasteiger partial charge on any atom is -0.421 e. The summed E-state index contributed by atoms with van der Waals surface area (Å²) >= 11 is 0. The Balaban J connectivity index is 4.38. The molecule has 1 atom stereocenters. The molecule has 188 valence electrons. The normalized spacial score (nSPS) is 13.5. The van der Waals surface area contributed by atoms with Crippen LogP contribution in [0.5, 0.6) is 0 Å². The Kier molecular flexibility index (Phi) is 23.3. The largest absolute Gasteiger partial charge is 0.421 e. The maximum atomic E-state index is 6.10. The fraction of sp³-hybridized carbons (Fsp3) is 1.00. The van der Waals surface area contributed by atoms with Crippen molar-refractivity contribution in [3.63, 3.8) is 0 Å². The molecule has 0 N–H and O–H groups in total. The Morgan fingerprint density at radius 1 is 0.548 bits per heavy atom. The first-order valence-corrected chi connectivity index (χ1v) is 15.5. The van der Waals surface area contributed by atoms with E-state index >= 15 is 0 Å². The van der Waals surface area contributed by atoms with Gasteiger partial charge in [0.1, 0.15) is 0 Å². The first-order chi connectivity index (χ1) is 15.1. The molecule has 31 heavy (non-hydrogen) atoms. The first-order valence-electron chi connectivity index (χ1n) is 13.9. The van der Waals surface area contributed by atoms with E-state index in [1.807, 2.05) is 0 Å². The van der Waals surface area contributed by atoms with Gasteiger partial charge in [0, 0.05) is 6.10 Å². The third-order valence-corrected chi connectivity index (χ3v) is 7.62. The van der Waals surface area contributed by atoms with Crippen LogP contribution < -0.4 is 0 Å². The zero-order chi connectivity index (χ0) is 23.2. The third-order valence-electron chi connectivity index (χ3n) is 6.02. The molecule has 0 aliphatic carbocycles. The van der Waals surface area contributed by atoms with Gasteiger partial charge in [0.2, 0.25) is 0 Å². The fourth-order valence-electron chi connectivity index (χ4n) is 4.52. The van der Waals surface area contributed by atoms with Gasteiger partial charge in [-0.3, -0.25) is 0 Å². The molecule has 0 spiro atoms. The molecule has 0 rings (SSSR count). The summed E-state index contributed by atoms with van der Waals surface area (Å²) in [6, 6.07) is 1.33. The second-order valence-electron chi connectivity index (χ2n) is 9.41. The molecule has 5 heteroatoms. The Morgan fingerprint density at radius 3 is 1.32 bits per heavy atom. The highest BCUT2D eigenvalue weighted by molar-refractivity contribution is 6.27.